The van der Waals surface area contributed by atoms with Crippen LogP contribution < -0.4 is 0 Å². The Hall–Kier alpha value is -0.370. The highest BCUT2D eigenvalue weighted by molar-refractivity contribution is 7.80. The van der Waals surface area contributed by atoms with Crippen LogP contribution in [0.15, 0.2) is 12.8 Å². The van der Waals surface area contributed by atoms with E-state index in [1.54, 1.807) is 0 Å². The first-order valence-corrected chi connectivity index (χ1v) is 15.5. The van der Waals surface area contributed by atoms with E-state index in [0.29, 0.717) is 5.05 Å². The second-order valence-corrected chi connectivity index (χ2v) is 10.7. The minimum Gasteiger partial charge on any atom is -0.459 e. The van der Waals surface area contributed by atoms with Crippen molar-refractivity contribution in [3.05, 3.63) is 12.8 Å². The van der Waals surface area contributed by atoms with Gasteiger partial charge in [0.05, 0.1) is 6.26 Å². The van der Waals surface area contributed by atoms with Crippen LogP contribution in [0, 0.1) is 0 Å². The summed E-state index contributed by atoms with van der Waals surface area (Å²) < 4.78 is 5.09. The number of thiocarbonyl (C=S) groups is 1. The first kappa shape index (κ1) is 32.6. The van der Waals surface area contributed by atoms with E-state index >= 15 is 0 Å². The van der Waals surface area contributed by atoms with Crippen molar-refractivity contribution < 1.29 is 4.74 Å². The molecule has 2 heteroatoms. The molecular weight excluding hydrogens is 420 g/mol. The molecule has 0 saturated carbocycles. The SMILES string of the molecule is C=COC(=S)CCCCCCCCCCCCCCCCCCCCCCCCCCCC. The van der Waals surface area contributed by atoms with Gasteiger partial charge in [0.1, 0.15) is 0 Å². The first-order chi connectivity index (χ1) is 16.3. The summed E-state index contributed by atoms with van der Waals surface area (Å²) in [5, 5.41) is 0.689. The summed E-state index contributed by atoms with van der Waals surface area (Å²) in [6.45, 7) is 5.84. The van der Waals surface area contributed by atoms with E-state index in [2.05, 4.69) is 13.5 Å². The minimum absolute atomic E-state index is 0.689. The molecule has 0 fully saturated rings. The van der Waals surface area contributed by atoms with E-state index in [4.69, 9.17) is 17.0 Å². The van der Waals surface area contributed by atoms with E-state index in [1.807, 2.05) is 0 Å². The van der Waals surface area contributed by atoms with Gasteiger partial charge in [-0.1, -0.05) is 174 Å². The van der Waals surface area contributed by atoms with E-state index in [1.165, 1.54) is 167 Å². The molecule has 0 atom stereocenters. The molecule has 1 nitrogen and oxygen atoms in total. The molecule has 0 heterocycles. The topological polar surface area (TPSA) is 9.23 Å². The fourth-order valence-electron chi connectivity index (χ4n) is 4.74. The average molecular weight is 481 g/mol. The molecule has 0 aromatic rings. The summed E-state index contributed by atoms with van der Waals surface area (Å²) >= 11 is 5.10. The molecule has 0 N–H and O–H groups in total. The number of ether oxygens (including phenoxy) is 1. The Balaban J connectivity index is 3.04. The summed E-state index contributed by atoms with van der Waals surface area (Å²) in [7, 11) is 0. The third-order valence-corrected chi connectivity index (χ3v) is 7.25. The smallest absolute Gasteiger partial charge is 0.166 e. The monoisotopic (exact) mass is 480 g/mol. The van der Waals surface area contributed by atoms with Crippen LogP contribution in [0.5, 0.6) is 0 Å². The summed E-state index contributed by atoms with van der Waals surface area (Å²) in [5.41, 5.74) is 0. The molecule has 0 radical (unpaired) electrons. The second kappa shape index (κ2) is 29.7. The van der Waals surface area contributed by atoms with Crippen molar-refractivity contribution in [1.82, 2.24) is 0 Å². The molecule has 0 aromatic heterocycles. The lowest BCUT2D eigenvalue weighted by Gasteiger charge is -2.05. The van der Waals surface area contributed by atoms with E-state index in [-0.39, 0.29) is 0 Å². The molecule has 0 aliphatic carbocycles. The molecular formula is C31H60OS. The third kappa shape index (κ3) is 29.6. The maximum absolute atomic E-state index is 5.10. The Bertz CT molecular complexity index is 392. The van der Waals surface area contributed by atoms with E-state index in [0.717, 1.165) is 12.8 Å². The predicted molar refractivity (Wildman–Crippen MR) is 154 cm³/mol. The van der Waals surface area contributed by atoms with Gasteiger partial charge in [-0.05, 0) is 18.6 Å². The van der Waals surface area contributed by atoms with Gasteiger partial charge in [-0.3, -0.25) is 0 Å². The predicted octanol–water partition coefficient (Wildman–Crippen LogP) is 12.0. The quantitative estimate of drug-likeness (QED) is 0.0625. The van der Waals surface area contributed by atoms with Gasteiger partial charge >= 0.3 is 0 Å². The lowest BCUT2D eigenvalue weighted by atomic mass is 10.0. The maximum atomic E-state index is 5.10. The molecule has 0 aliphatic heterocycles. The Morgan fingerprint density at radius 3 is 0.970 bits per heavy atom. The standard InChI is InChI=1S/C31H60OS/c1-3-5-6-7-8-9-10-11-12-13-14-15-16-17-18-19-20-21-22-23-24-25-26-27-28-29-30-31(33)32-4-2/h4H,2-3,5-30H2,1H3. The fourth-order valence-corrected chi connectivity index (χ4v) is 4.95. The zero-order chi connectivity index (χ0) is 24.1. The summed E-state index contributed by atoms with van der Waals surface area (Å²) in [5.74, 6) is 0. The van der Waals surface area contributed by atoms with Crippen molar-refractivity contribution in [3.8, 4) is 0 Å². The van der Waals surface area contributed by atoms with Crippen LogP contribution in [0.3, 0.4) is 0 Å². The summed E-state index contributed by atoms with van der Waals surface area (Å²) in [6, 6.07) is 0. The number of rotatable bonds is 28. The van der Waals surface area contributed by atoms with Gasteiger partial charge in [-0.15, -0.1) is 0 Å². The summed E-state index contributed by atoms with van der Waals surface area (Å²) in [4.78, 5) is 0. The van der Waals surface area contributed by atoms with Gasteiger partial charge < -0.3 is 4.74 Å². The van der Waals surface area contributed by atoms with Crippen LogP contribution in [-0.4, -0.2) is 5.05 Å². The van der Waals surface area contributed by atoms with Crippen molar-refractivity contribution in [1.29, 1.82) is 0 Å². The Morgan fingerprint density at radius 2 is 0.727 bits per heavy atom. The molecule has 0 saturated heterocycles. The van der Waals surface area contributed by atoms with Crippen molar-refractivity contribution in [2.24, 2.45) is 0 Å². The fraction of sp³-hybridized carbons (Fsp3) is 0.903. The van der Waals surface area contributed by atoms with Gasteiger partial charge in [0.25, 0.3) is 0 Å². The highest BCUT2D eigenvalue weighted by Gasteiger charge is 1.98. The molecule has 33 heavy (non-hydrogen) atoms. The molecule has 0 aromatic carbocycles. The van der Waals surface area contributed by atoms with Crippen LogP contribution >= 0.6 is 12.2 Å². The Kier molecular flexibility index (Phi) is 29.3. The number of hydrogen-bond donors (Lipinski definition) is 0. The van der Waals surface area contributed by atoms with Crippen LogP contribution in [-0.2, 0) is 4.74 Å². The van der Waals surface area contributed by atoms with E-state index in [9.17, 15) is 0 Å². The van der Waals surface area contributed by atoms with Crippen LogP contribution in [0.25, 0.3) is 0 Å². The molecule has 0 rings (SSSR count). The van der Waals surface area contributed by atoms with E-state index < -0.39 is 0 Å². The Morgan fingerprint density at radius 1 is 0.485 bits per heavy atom. The lowest BCUT2D eigenvalue weighted by molar-refractivity contribution is 0.465. The van der Waals surface area contributed by atoms with Gasteiger partial charge in [0.15, 0.2) is 5.05 Å². The molecule has 0 amide bonds. The largest absolute Gasteiger partial charge is 0.459 e. The molecule has 0 unspecified atom stereocenters. The van der Waals surface area contributed by atoms with Crippen molar-refractivity contribution in [2.45, 2.75) is 180 Å². The number of unbranched alkanes of at least 4 members (excludes halogenated alkanes) is 25. The molecule has 196 valence electrons. The van der Waals surface area contributed by atoms with Crippen molar-refractivity contribution in [2.75, 3.05) is 0 Å². The van der Waals surface area contributed by atoms with Gasteiger partial charge in [0.2, 0.25) is 0 Å². The van der Waals surface area contributed by atoms with Crippen LogP contribution in [0.2, 0.25) is 0 Å². The maximum Gasteiger partial charge on any atom is 0.166 e. The molecule has 0 aliphatic rings. The normalized spacial score (nSPS) is 11.1. The Labute approximate surface area is 214 Å². The molecule has 0 bridgehead atoms. The van der Waals surface area contributed by atoms with Crippen molar-refractivity contribution >= 4 is 17.3 Å². The van der Waals surface area contributed by atoms with Crippen LogP contribution in [0.1, 0.15) is 180 Å². The minimum atomic E-state index is 0.689. The van der Waals surface area contributed by atoms with Gasteiger partial charge in [-0.2, -0.15) is 0 Å². The van der Waals surface area contributed by atoms with Gasteiger partial charge in [0, 0.05) is 6.42 Å². The second-order valence-electron chi connectivity index (χ2n) is 10.2. The number of hydrogen-bond acceptors (Lipinski definition) is 2. The van der Waals surface area contributed by atoms with Crippen molar-refractivity contribution in [3.63, 3.8) is 0 Å². The van der Waals surface area contributed by atoms with Gasteiger partial charge in [-0.25, -0.2) is 0 Å². The summed E-state index contributed by atoms with van der Waals surface area (Å²) in [6.07, 6.45) is 39.6. The average Bonchev–Trinajstić information content (AvgIpc) is 2.81. The first-order valence-electron chi connectivity index (χ1n) is 15.1. The molecule has 0 spiro atoms. The highest BCUT2D eigenvalue weighted by Crippen LogP contribution is 2.16. The lowest BCUT2D eigenvalue weighted by Crippen LogP contribution is -1.95. The van der Waals surface area contributed by atoms with Crippen LogP contribution in [0.4, 0.5) is 0 Å². The highest BCUT2D eigenvalue weighted by atomic mass is 32.1. The zero-order valence-corrected chi connectivity index (χ0v) is 23.5. The third-order valence-electron chi connectivity index (χ3n) is 6.95. The zero-order valence-electron chi connectivity index (χ0n) is 22.7.